The molecule has 0 aliphatic carbocycles. The van der Waals surface area contributed by atoms with Crippen LogP contribution >= 0.6 is 15.9 Å². The summed E-state index contributed by atoms with van der Waals surface area (Å²) in [5.41, 5.74) is -0.605. The molecule has 0 saturated heterocycles. The Morgan fingerprint density at radius 2 is 2.00 bits per heavy atom. The van der Waals surface area contributed by atoms with Gasteiger partial charge in [0.25, 0.3) is 5.69 Å². The number of alkyl halides is 3. The summed E-state index contributed by atoms with van der Waals surface area (Å²) in [5.74, 6) is -0.786. The van der Waals surface area contributed by atoms with Crippen molar-refractivity contribution in [1.82, 2.24) is 9.78 Å². The quantitative estimate of drug-likeness (QED) is 0.366. The van der Waals surface area contributed by atoms with Crippen molar-refractivity contribution in [1.29, 1.82) is 0 Å². The van der Waals surface area contributed by atoms with Gasteiger partial charge in [-0.15, -0.1) is 0 Å². The van der Waals surface area contributed by atoms with Crippen LogP contribution in [0.5, 0.6) is 11.5 Å². The number of nitrogens with one attached hydrogen (secondary N) is 1. The van der Waals surface area contributed by atoms with Gasteiger partial charge in [0.1, 0.15) is 18.0 Å². The molecule has 31 heavy (non-hydrogen) atoms. The van der Waals surface area contributed by atoms with Crippen molar-refractivity contribution in [3.63, 3.8) is 0 Å². The molecule has 0 atom stereocenters. The van der Waals surface area contributed by atoms with Crippen LogP contribution in [0.4, 0.5) is 24.5 Å². The predicted octanol–water partition coefficient (Wildman–Crippen LogP) is 5.31. The van der Waals surface area contributed by atoms with Crippen LogP contribution in [0.3, 0.4) is 0 Å². The second kappa shape index (κ2) is 8.76. The maximum atomic E-state index is 12.9. The number of nitro groups is 1. The number of aromatic nitrogens is 2. The highest BCUT2D eigenvalue weighted by atomic mass is 79.9. The first-order chi connectivity index (χ1) is 14.5. The van der Waals surface area contributed by atoms with Crippen molar-refractivity contribution in [3.05, 3.63) is 74.5 Å². The Hall–Kier alpha value is -3.41. The van der Waals surface area contributed by atoms with E-state index in [1.54, 1.807) is 13.1 Å². The van der Waals surface area contributed by atoms with Crippen LogP contribution in [-0.2, 0) is 17.5 Å². The highest BCUT2D eigenvalue weighted by Crippen LogP contribution is 2.34. The van der Waals surface area contributed by atoms with E-state index in [0.29, 0.717) is 10.2 Å². The molecule has 3 rings (SSSR count). The molecule has 3 aromatic rings. The number of hydrogen-bond acceptors (Lipinski definition) is 5. The normalized spacial score (nSPS) is 11.3. The average Bonchev–Trinajstić information content (AvgIpc) is 2.97. The van der Waals surface area contributed by atoms with E-state index in [2.05, 4.69) is 26.3 Å². The molecule has 0 radical (unpaired) electrons. The minimum absolute atomic E-state index is 0.0455. The van der Waals surface area contributed by atoms with Crippen LogP contribution < -0.4 is 10.1 Å². The summed E-state index contributed by atoms with van der Waals surface area (Å²) in [7, 11) is 0. The van der Waals surface area contributed by atoms with E-state index >= 15 is 0 Å². The summed E-state index contributed by atoms with van der Waals surface area (Å²) >= 11 is 3.28. The van der Waals surface area contributed by atoms with Crippen molar-refractivity contribution >= 4 is 33.2 Å². The molecule has 0 fully saturated rings. The number of carbonyl (C=O) groups is 1. The zero-order valence-electron chi connectivity index (χ0n) is 15.8. The molecule has 0 unspecified atom stereocenters. The molecular weight excluding hydrogens is 485 g/mol. The summed E-state index contributed by atoms with van der Waals surface area (Å²) in [6.45, 7) is 1.59. The van der Waals surface area contributed by atoms with E-state index in [-0.39, 0.29) is 23.7 Å². The van der Waals surface area contributed by atoms with E-state index < -0.39 is 28.3 Å². The van der Waals surface area contributed by atoms with Gasteiger partial charge in [-0.25, -0.2) is 0 Å². The molecular formula is C19H14BrF3N4O4. The Morgan fingerprint density at radius 3 is 2.61 bits per heavy atom. The van der Waals surface area contributed by atoms with Crippen molar-refractivity contribution in [3.8, 4) is 11.5 Å². The predicted molar refractivity (Wildman–Crippen MR) is 108 cm³/mol. The number of hydrogen-bond donors (Lipinski definition) is 1. The highest BCUT2D eigenvalue weighted by molar-refractivity contribution is 9.10. The highest BCUT2D eigenvalue weighted by Gasteiger charge is 2.30. The molecule has 1 aromatic heterocycles. The van der Waals surface area contributed by atoms with E-state index in [0.717, 1.165) is 30.3 Å². The summed E-state index contributed by atoms with van der Waals surface area (Å²) in [4.78, 5) is 22.8. The zero-order valence-corrected chi connectivity index (χ0v) is 17.4. The third kappa shape index (κ3) is 5.81. The lowest BCUT2D eigenvalue weighted by Crippen LogP contribution is -2.19. The number of anilines is 1. The van der Waals surface area contributed by atoms with Gasteiger partial charge in [-0.3, -0.25) is 19.6 Å². The zero-order chi connectivity index (χ0) is 22.8. The number of nitrogens with zero attached hydrogens (tertiary/aromatic N) is 3. The van der Waals surface area contributed by atoms with Gasteiger partial charge >= 0.3 is 6.18 Å². The number of nitro benzene ring substituents is 1. The molecule has 8 nitrogen and oxygen atoms in total. The second-order valence-corrected chi connectivity index (χ2v) is 7.26. The van der Waals surface area contributed by atoms with Crippen LogP contribution in [-0.4, -0.2) is 20.6 Å². The number of carbonyl (C=O) groups excluding carboxylic acids is 1. The lowest BCUT2D eigenvalue weighted by Gasteiger charge is -2.11. The minimum Gasteiger partial charge on any atom is -0.457 e. The van der Waals surface area contributed by atoms with Gasteiger partial charge in [0.2, 0.25) is 5.91 Å². The maximum absolute atomic E-state index is 12.9. The van der Waals surface area contributed by atoms with Gasteiger partial charge in [0.05, 0.1) is 32.4 Å². The van der Waals surface area contributed by atoms with Crippen LogP contribution in [0.2, 0.25) is 0 Å². The third-order valence-electron chi connectivity index (χ3n) is 3.97. The van der Waals surface area contributed by atoms with Gasteiger partial charge in [-0.05, 0) is 41.1 Å². The molecule has 12 heteroatoms. The van der Waals surface area contributed by atoms with E-state index in [9.17, 15) is 28.1 Å². The SMILES string of the molecule is Cc1nn(CC(=O)Nc2cc(Oc3cccc(C(F)(F)F)c3)cc([N+](=O)[O-])c2)cc1Br. The van der Waals surface area contributed by atoms with Crippen LogP contribution in [0, 0.1) is 17.0 Å². The Kier molecular flexibility index (Phi) is 6.29. The van der Waals surface area contributed by atoms with Crippen LogP contribution in [0.15, 0.2) is 53.1 Å². The van der Waals surface area contributed by atoms with E-state index in [4.69, 9.17) is 4.74 Å². The number of ether oxygens (including phenoxy) is 1. The molecule has 0 saturated carbocycles. The first kappa shape index (κ1) is 22.3. The molecule has 0 aliphatic heterocycles. The standard InChI is InChI=1S/C19H14BrF3N4O4/c1-11-17(20)9-26(25-11)10-18(28)24-13-6-14(27(29)30)8-16(7-13)31-15-4-2-3-12(5-15)19(21,22)23/h2-9H,10H2,1H3,(H,24,28). The number of non-ortho nitro benzene ring substituents is 1. The number of amides is 1. The monoisotopic (exact) mass is 498 g/mol. The summed E-state index contributed by atoms with van der Waals surface area (Å²) in [6.07, 6.45) is -2.97. The molecule has 162 valence electrons. The number of benzene rings is 2. The molecule has 1 N–H and O–H groups in total. The fraction of sp³-hybridized carbons (Fsp3) is 0.158. The average molecular weight is 499 g/mol. The van der Waals surface area contributed by atoms with Gasteiger partial charge in [0, 0.05) is 18.3 Å². The van der Waals surface area contributed by atoms with Crippen LogP contribution in [0.1, 0.15) is 11.3 Å². The summed E-state index contributed by atoms with van der Waals surface area (Å²) < 4.78 is 46.1. The lowest BCUT2D eigenvalue weighted by atomic mass is 10.2. The smallest absolute Gasteiger partial charge is 0.416 e. The first-order valence-electron chi connectivity index (χ1n) is 8.65. The summed E-state index contributed by atoms with van der Waals surface area (Å²) in [5, 5.41) is 17.8. The van der Waals surface area contributed by atoms with Crippen molar-refractivity contribution in [2.24, 2.45) is 0 Å². The topological polar surface area (TPSA) is 99.3 Å². The fourth-order valence-electron chi connectivity index (χ4n) is 2.61. The van der Waals surface area contributed by atoms with Gasteiger partial charge in [0.15, 0.2) is 0 Å². The second-order valence-electron chi connectivity index (χ2n) is 6.41. The molecule has 0 aliphatic rings. The molecule has 0 bridgehead atoms. The first-order valence-corrected chi connectivity index (χ1v) is 9.44. The third-order valence-corrected chi connectivity index (χ3v) is 4.75. The fourth-order valence-corrected chi connectivity index (χ4v) is 2.93. The minimum atomic E-state index is -4.57. The van der Waals surface area contributed by atoms with Gasteiger partial charge < -0.3 is 10.1 Å². The van der Waals surface area contributed by atoms with E-state index in [1.807, 2.05) is 0 Å². The Labute approximate surface area is 181 Å². The molecule has 1 amide bonds. The Balaban J connectivity index is 1.82. The van der Waals surface area contributed by atoms with E-state index in [1.165, 1.54) is 16.8 Å². The molecule has 1 heterocycles. The van der Waals surface area contributed by atoms with Crippen molar-refractivity contribution in [2.75, 3.05) is 5.32 Å². The molecule has 0 spiro atoms. The number of rotatable bonds is 6. The Bertz CT molecular complexity index is 1130. The van der Waals surface area contributed by atoms with Crippen molar-refractivity contribution in [2.45, 2.75) is 19.6 Å². The molecule has 2 aromatic carbocycles. The summed E-state index contributed by atoms with van der Waals surface area (Å²) in [6, 6.07) is 7.52. The number of aryl methyl sites for hydroxylation is 1. The number of halogens is 4. The Morgan fingerprint density at radius 1 is 1.26 bits per heavy atom. The van der Waals surface area contributed by atoms with Crippen LogP contribution in [0.25, 0.3) is 0 Å². The van der Waals surface area contributed by atoms with Crippen molar-refractivity contribution < 1.29 is 27.6 Å². The lowest BCUT2D eigenvalue weighted by molar-refractivity contribution is -0.384. The largest absolute Gasteiger partial charge is 0.457 e. The van der Waals surface area contributed by atoms with Gasteiger partial charge in [-0.1, -0.05) is 6.07 Å². The van der Waals surface area contributed by atoms with Gasteiger partial charge in [-0.2, -0.15) is 18.3 Å². The maximum Gasteiger partial charge on any atom is 0.416 e.